The molecule has 2 N–H and O–H groups in total. The SMILES string of the molecule is CCc1nc(-c2ccc(-c3ccc(C4CCC(CC(=O)O)CC4)cc3)nc2)n[nH]1. The van der Waals surface area contributed by atoms with Gasteiger partial charge in [-0.2, -0.15) is 5.10 Å². The first-order valence-electron chi connectivity index (χ1n) is 10.3. The van der Waals surface area contributed by atoms with E-state index in [0.717, 1.165) is 54.7 Å². The maximum absolute atomic E-state index is 10.9. The molecule has 0 unspecified atom stereocenters. The first-order chi connectivity index (χ1) is 14.1. The minimum Gasteiger partial charge on any atom is -0.481 e. The number of rotatable bonds is 6. The molecule has 1 aliphatic rings. The topological polar surface area (TPSA) is 91.8 Å². The van der Waals surface area contributed by atoms with E-state index in [1.165, 1.54) is 5.56 Å². The number of carboxylic acid groups (broad SMARTS) is 1. The van der Waals surface area contributed by atoms with E-state index < -0.39 is 5.97 Å². The van der Waals surface area contributed by atoms with Crippen LogP contribution >= 0.6 is 0 Å². The van der Waals surface area contributed by atoms with E-state index in [9.17, 15) is 4.79 Å². The summed E-state index contributed by atoms with van der Waals surface area (Å²) in [6.07, 6.45) is 7.09. The number of carbonyl (C=O) groups is 1. The van der Waals surface area contributed by atoms with Gasteiger partial charge in [-0.05, 0) is 55.2 Å². The third-order valence-corrected chi connectivity index (χ3v) is 5.88. The van der Waals surface area contributed by atoms with Gasteiger partial charge in [-0.25, -0.2) is 4.98 Å². The van der Waals surface area contributed by atoms with Gasteiger partial charge < -0.3 is 5.11 Å². The summed E-state index contributed by atoms with van der Waals surface area (Å²) in [7, 11) is 0. The Morgan fingerprint density at radius 3 is 2.38 bits per heavy atom. The van der Waals surface area contributed by atoms with Gasteiger partial charge >= 0.3 is 5.97 Å². The van der Waals surface area contributed by atoms with Crippen molar-refractivity contribution in [1.29, 1.82) is 0 Å². The highest BCUT2D eigenvalue weighted by Gasteiger charge is 2.23. The molecule has 0 atom stereocenters. The van der Waals surface area contributed by atoms with Gasteiger partial charge in [0.05, 0.1) is 5.69 Å². The molecule has 2 aromatic heterocycles. The highest BCUT2D eigenvalue weighted by molar-refractivity contribution is 5.67. The van der Waals surface area contributed by atoms with Gasteiger partial charge in [-0.1, -0.05) is 31.2 Å². The Balaban J connectivity index is 1.41. The second-order valence-electron chi connectivity index (χ2n) is 7.83. The standard InChI is InChI=1S/C23H26N4O2/c1-2-21-25-23(27-26-21)19-11-12-20(24-14-19)18-9-7-17(8-10-18)16-5-3-15(4-6-16)13-22(28)29/h7-12,14-16H,2-6,13H2,1H3,(H,28,29)(H,25,26,27). The number of aliphatic carboxylic acids is 1. The highest BCUT2D eigenvalue weighted by atomic mass is 16.4. The predicted molar refractivity (Wildman–Crippen MR) is 111 cm³/mol. The van der Waals surface area contributed by atoms with Crippen LogP contribution in [0.1, 0.15) is 56.3 Å². The minimum absolute atomic E-state index is 0.306. The molecule has 0 bridgehead atoms. The number of H-pyrrole nitrogens is 1. The molecule has 2 heterocycles. The Morgan fingerprint density at radius 2 is 1.79 bits per heavy atom. The molecule has 0 aliphatic heterocycles. The van der Waals surface area contributed by atoms with Crippen molar-refractivity contribution in [3.63, 3.8) is 0 Å². The van der Waals surface area contributed by atoms with Crippen LogP contribution in [0.4, 0.5) is 0 Å². The number of nitrogens with zero attached hydrogens (tertiary/aromatic N) is 3. The quantitative estimate of drug-likeness (QED) is 0.628. The zero-order valence-corrected chi connectivity index (χ0v) is 16.6. The summed E-state index contributed by atoms with van der Waals surface area (Å²) in [5.41, 5.74) is 4.26. The number of nitrogens with one attached hydrogen (secondary N) is 1. The second kappa shape index (κ2) is 8.55. The fraction of sp³-hybridized carbons (Fsp3) is 0.391. The molecule has 150 valence electrons. The summed E-state index contributed by atoms with van der Waals surface area (Å²) in [5, 5.41) is 16.1. The molecule has 1 saturated carbocycles. The largest absolute Gasteiger partial charge is 0.481 e. The molecule has 1 aliphatic carbocycles. The van der Waals surface area contributed by atoms with Crippen molar-refractivity contribution in [2.24, 2.45) is 5.92 Å². The zero-order chi connectivity index (χ0) is 20.2. The van der Waals surface area contributed by atoms with Crippen molar-refractivity contribution in [3.8, 4) is 22.6 Å². The summed E-state index contributed by atoms with van der Waals surface area (Å²) >= 11 is 0. The second-order valence-corrected chi connectivity index (χ2v) is 7.83. The van der Waals surface area contributed by atoms with Crippen molar-refractivity contribution < 1.29 is 9.90 Å². The summed E-state index contributed by atoms with van der Waals surface area (Å²) in [6, 6.07) is 12.6. The molecule has 0 amide bonds. The number of aromatic amines is 1. The van der Waals surface area contributed by atoms with Crippen LogP contribution in [0.5, 0.6) is 0 Å². The van der Waals surface area contributed by atoms with Gasteiger partial charge in [0.2, 0.25) is 0 Å². The zero-order valence-electron chi connectivity index (χ0n) is 16.6. The number of hydrogen-bond acceptors (Lipinski definition) is 4. The van der Waals surface area contributed by atoms with Gasteiger partial charge in [0, 0.05) is 30.2 Å². The first-order valence-corrected chi connectivity index (χ1v) is 10.3. The molecular weight excluding hydrogens is 364 g/mol. The smallest absolute Gasteiger partial charge is 0.303 e. The van der Waals surface area contributed by atoms with E-state index >= 15 is 0 Å². The van der Waals surface area contributed by atoms with Crippen LogP contribution in [-0.4, -0.2) is 31.2 Å². The van der Waals surface area contributed by atoms with Crippen LogP contribution in [0, 0.1) is 5.92 Å². The van der Waals surface area contributed by atoms with Crippen LogP contribution in [-0.2, 0) is 11.2 Å². The lowest BCUT2D eigenvalue weighted by molar-refractivity contribution is -0.138. The first kappa shape index (κ1) is 19.3. The van der Waals surface area contributed by atoms with Gasteiger partial charge in [0.1, 0.15) is 5.82 Å². The van der Waals surface area contributed by atoms with E-state index in [-0.39, 0.29) is 0 Å². The number of aryl methyl sites for hydroxylation is 1. The van der Waals surface area contributed by atoms with E-state index in [2.05, 4.69) is 44.4 Å². The Labute approximate surface area is 170 Å². The fourth-order valence-corrected chi connectivity index (χ4v) is 4.15. The highest BCUT2D eigenvalue weighted by Crippen LogP contribution is 2.37. The minimum atomic E-state index is -0.676. The summed E-state index contributed by atoms with van der Waals surface area (Å²) < 4.78 is 0. The average molecular weight is 390 g/mol. The van der Waals surface area contributed by atoms with E-state index in [4.69, 9.17) is 5.11 Å². The lowest BCUT2D eigenvalue weighted by atomic mass is 9.77. The molecule has 6 heteroatoms. The number of benzene rings is 1. The van der Waals surface area contributed by atoms with Crippen LogP contribution in [0.15, 0.2) is 42.6 Å². The van der Waals surface area contributed by atoms with Crippen LogP contribution in [0.2, 0.25) is 0 Å². The van der Waals surface area contributed by atoms with Gasteiger partial charge in [0.15, 0.2) is 5.82 Å². The van der Waals surface area contributed by atoms with E-state index in [1.807, 2.05) is 25.3 Å². The number of hydrogen-bond donors (Lipinski definition) is 2. The normalized spacial score (nSPS) is 19.2. The lowest BCUT2D eigenvalue weighted by Gasteiger charge is -2.28. The molecule has 0 radical (unpaired) electrons. The Hall–Kier alpha value is -3.02. The van der Waals surface area contributed by atoms with Crippen molar-refractivity contribution in [3.05, 3.63) is 54.0 Å². The molecule has 3 aromatic rings. The summed E-state index contributed by atoms with van der Waals surface area (Å²) in [5.74, 6) is 1.74. The number of pyridine rings is 1. The fourth-order valence-electron chi connectivity index (χ4n) is 4.15. The molecule has 4 rings (SSSR count). The third kappa shape index (κ3) is 4.53. The number of aromatic nitrogens is 4. The molecule has 1 fully saturated rings. The summed E-state index contributed by atoms with van der Waals surface area (Å²) in [6.45, 7) is 2.04. The van der Waals surface area contributed by atoms with E-state index in [1.54, 1.807) is 0 Å². The van der Waals surface area contributed by atoms with Crippen LogP contribution < -0.4 is 0 Å². The van der Waals surface area contributed by atoms with Gasteiger partial charge in [-0.15, -0.1) is 0 Å². The van der Waals surface area contributed by atoms with Gasteiger partial charge in [0.25, 0.3) is 0 Å². The van der Waals surface area contributed by atoms with E-state index in [0.29, 0.717) is 24.1 Å². The van der Waals surface area contributed by atoms with Crippen molar-refractivity contribution in [1.82, 2.24) is 20.2 Å². The predicted octanol–water partition coefficient (Wildman–Crippen LogP) is 4.84. The molecule has 29 heavy (non-hydrogen) atoms. The van der Waals surface area contributed by atoms with Gasteiger partial charge in [-0.3, -0.25) is 14.9 Å². The summed E-state index contributed by atoms with van der Waals surface area (Å²) in [4.78, 5) is 19.9. The molecule has 6 nitrogen and oxygen atoms in total. The number of carboxylic acids is 1. The molecule has 0 saturated heterocycles. The molecule has 0 spiro atoms. The van der Waals surface area contributed by atoms with Crippen LogP contribution in [0.25, 0.3) is 22.6 Å². The van der Waals surface area contributed by atoms with Crippen LogP contribution in [0.3, 0.4) is 0 Å². The Bertz CT molecular complexity index is 955. The molecule has 1 aromatic carbocycles. The van der Waals surface area contributed by atoms with Crippen molar-refractivity contribution in [2.45, 2.75) is 51.4 Å². The third-order valence-electron chi connectivity index (χ3n) is 5.88. The van der Waals surface area contributed by atoms with Crippen molar-refractivity contribution >= 4 is 5.97 Å². The lowest BCUT2D eigenvalue weighted by Crippen LogP contribution is -2.16. The monoisotopic (exact) mass is 390 g/mol. The Kier molecular flexibility index (Phi) is 5.69. The average Bonchev–Trinajstić information content (AvgIpc) is 3.24. The maximum Gasteiger partial charge on any atom is 0.303 e. The maximum atomic E-state index is 10.9. The van der Waals surface area contributed by atoms with Crippen molar-refractivity contribution in [2.75, 3.05) is 0 Å². The Morgan fingerprint density at radius 1 is 1.07 bits per heavy atom. The molecular formula is C23H26N4O2.